The number of carbonyl (C=O) groups excluding carboxylic acids is 2. The number of nitrogens with one attached hydrogen (secondary N) is 1. The highest BCUT2D eigenvalue weighted by Crippen LogP contribution is 2.23. The van der Waals surface area contributed by atoms with Crippen molar-refractivity contribution in [3.63, 3.8) is 0 Å². The zero-order chi connectivity index (χ0) is 20.2. The largest absolute Gasteiger partial charge is 0.496 e. The Kier molecular flexibility index (Phi) is 6.13. The number of aryl methyl sites for hydroxylation is 1. The van der Waals surface area contributed by atoms with Crippen molar-refractivity contribution in [3.05, 3.63) is 53.3 Å². The highest BCUT2D eigenvalue weighted by molar-refractivity contribution is 7.89. The molecule has 2 rings (SSSR count). The standard InChI is InChI=1S/C17H17FN2O6S/c1-10-3-4-11(7-14(10)18)20-16(21)9-26-17(22)13-8-12(27(19,23)24)5-6-15(13)25-2/h3-8H,9H2,1-2H3,(H,20,21)(H2,19,23,24). The molecule has 2 aromatic carbocycles. The number of anilines is 1. The molecule has 0 spiro atoms. The first-order valence-electron chi connectivity index (χ1n) is 7.56. The normalized spacial score (nSPS) is 11.0. The van der Waals surface area contributed by atoms with Crippen molar-refractivity contribution < 1.29 is 31.9 Å². The minimum Gasteiger partial charge on any atom is -0.496 e. The Balaban J connectivity index is 2.08. The smallest absolute Gasteiger partial charge is 0.342 e. The molecule has 3 N–H and O–H groups in total. The molecule has 0 aliphatic heterocycles. The van der Waals surface area contributed by atoms with Crippen molar-refractivity contribution in [2.75, 3.05) is 19.0 Å². The first-order chi connectivity index (χ1) is 12.6. The number of hydrogen-bond donors (Lipinski definition) is 2. The minimum absolute atomic E-state index is 0.0495. The van der Waals surface area contributed by atoms with Crippen LogP contribution >= 0.6 is 0 Å². The maximum Gasteiger partial charge on any atom is 0.342 e. The fourth-order valence-electron chi connectivity index (χ4n) is 2.10. The average molecular weight is 396 g/mol. The lowest BCUT2D eigenvalue weighted by Gasteiger charge is -2.10. The summed E-state index contributed by atoms with van der Waals surface area (Å²) < 4.78 is 46.2. The average Bonchev–Trinajstić information content (AvgIpc) is 2.61. The minimum atomic E-state index is -4.04. The Morgan fingerprint density at radius 1 is 1.19 bits per heavy atom. The summed E-state index contributed by atoms with van der Waals surface area (Å²) in [5, 5.41) is 7.41. The number of rotatable bonds is 6. The Hall–Kier alpha value is -2.98. The summed E-state index contributed by atoms with van der Waals surface area (Å²) in [5.41, 5.74) is 0.410. The van der Waals surface area contributed by atoms with E-state index in [1.54, 1.807) is 6.92 Å². The SMILES string of the molecule is COc1ccc(S(N)(=O)=O)cc1C(=O)OCC(=O)Nc1ccc(C)c(F)c1. The van der Waals surface area contributed by atoms with Gasteiger partial charge in [0.25, 0.3) is 5.91 Å². The molecular formula is C17H17FN2O6S. The van der Waals surface area contributed by atoms with E-state index in [1.165, 1.54) is 31.4 Å². The highest BCUT2D eigenvalue weighted by Gasteiger charge is 2.19. The van der Waals surface area contributed by atoms with Gasteiger partial charge in [-0.3, -0.25) is 4.79 Å². The van der Waals surface area contributed by atoms with Gasteiger partial charge in [-0.1, -0.05) is 6.07 Å². The van der Waals surface area contributed by atoms with Gasteiger partial charge in [0.2, 0.25) is 10.0 Å². The van der Waals surface area contributed by atoms with E-state index < -0.39 is 34.3 Å². The van der Waals surface area contributed by atoms with Gasteiger partial charge < -0.3 is 14.8 Å². The predicted molar refractivity (Wildman–Crippen MR) is 94.4 cm³/mol. The number of primary sulfonamides is 1. The summed E-state index contributed by atoms with van der Waals surface area (Å²) in [4.78, 5) is 23.7. The van der Waals surface area contributed by atoms with Crippen LogP contribution in [-0.4, -0.2) is 34.0 Å². The van der Waals surface area contributed by atoms with Crippen LogP contribution in [0, 0.1) is 12.7 Å². The second-order valence-corrected chi connectivity index (χ2v) is 7.06. The molecule has 2 aromatic rings. The third-order valence-corrected chi connectivity index (χ3v) is 4.42. The quantitative estimate of drug-likeness (QED) is 0.715. The van der Waals surface area contributed by atoms with Gasteiger partial charge in [-0.05, 0) is 42.8 Å². The van der Waals surface area contributed by atoms with Crippen molar-refractivity contribution in [2.45, 2.75) is 11.8 Å². The summed E-state index contributed by atoms with van der Waals surface area (Å²) in [6.45, 7) is 0.906. The number of methoxy groups -OCH3 is 1. The lowest BCUT2D eigenvalue weighted by molar-refractivity contribution is -0.119. The van der Waals surface area contributed by atoms with E-state index in [4.69, 9.17) is 14.6 Å². The Labute approximate surface area is 155 Å². The molecule has 0 bridgehead atoms. The van der Waals surface area contributed by atoms with Crippen LogP contribution in [0.25, 0.3) is 0 Å². The summed E-state index contributed by atoms with van der Waals surface area (Å²) in [5.74, 6) is -2.13. The molecular weight excluding hydrogens is 379 g/mol. The first-order valence-corrected chi connectivity index (χ1v) is 9.10. The number of ether oxygens (including phenoxy) is 2. The third-order valence-electron chi connectivity index (χ3n) is 3.51. The molecule has 0 radical (unpaired) electrons. The van der Waals surface area contributed by atoms with Gasteiger partial charge in [0.05, 0.1) is 12.0 Å². The number of halogens is 1. The number of benzene rings is 2. The molecule has 1 amide bonds. The molecule has 8 nitrogen and oxygen atoms in total. The van der Waals surface area contributed by atoms with Crippen LogP contribution in [0.2, 0.25) is 0 Å². The number of nitrogens with two attached hydrogens (primary N) is 1. The third kappa shape index (κ3) is 5.25. The molecule has 0 aliphatic rings. The monoisotopic (exact) mass is 396 g/mol. The van der Waals surface area contributed by atoms with E-state index in [9.17, 15) is 22.4 Å². The van der Waals surface area contributed by atoms with Gasteiger partial charge in [-0.2, -0.15) is 0 Å². The van der Waals surface area contributed by atoms with Crippen molar-refractivity contribution in [1.29, 1.82) is 0 Å². The van der Waals surface area contributed by atoms with Crippen LogP contribution in [0.15, 0.2) is 41.3 Å². The van der Waals surface area contributed by atoms with Crippen molar-refractivity contribution >= 4 is 27.6 Å². The maximum atomic E-state index is 13.5. The van der Waals surface area contributed by atoms with Crippen LogP contribution < -0.4 is 15.2 Å². The number of hydrogen-bond acceptors (Lipinski definition) is 6. The van der Waals surface area contributed by atoms with Crippen molar-refractivity contribution in [2.24, 2.45) is 5.14 Å². The molecule has 0 saturated heterocycles. The second-order valence-electron chi connectivity index (χ2n) is 5.50. The van der Waals surface area contributed by atoms with Gasteiger partial charge in [-0.25, -0.2) is 22.7 Å². The van der Waals surface area contributed by atoms with E-state index >= 15 is 0 Å². The number of amides is 1. The molecule has 0 saturated carbocycles. The molecule has 0 aliphatic carbocycles. The topological polar surface area (TPSA) is 125 Å². The zero-order valence-corrected chi connectivity index (χ0v) is 15.3. The maximum absolute atomic E-state index is 13.5. The van der Waals surface area contributed by atoms with E-state index in [2.05, 4.69) is 5.32 Å². The fraction of sp³-hybridized carbons (Fsp3) is 0.176. The summed E-state index contributed by atoms with van der Waals surface area (Å²) in [7, 11) is -2.76. The van der Waals surface area contributed by atoms with Gasteiger partial charge in [-0.15, -0.1) is 0 Å². The van der Waals surface area contributed by atoms with E-state index in [-0.39, 0.29) is 21.9 Å². The Morgan fingerprint density at radius 3 is 2.48 bits per heavy atom. The molecule has 0 unspecified atom stereocenters. The van der Waals surface area contributed by atoms with Crippen LogP contribution in [0.4, 0.5) is 10.1 Å². The van der Waals surface area contributed by atoms with E-state index in [0.717, 1.165) is 12.1 Å². The number of esters is 1. The van der Waals surface area contributed by atoms with Crippen LogP contribution in [0.1, 0.15) is 15.9 Å². The molecule has 0 fully saturated rings. The fourth-order valence-corrected chi connectivity index (χ4v) is 2.64. The lowest BCUT2D eigenvalue weighted by Crippen LogP contribution is -2.21. The molecule has 0 aromatic heterocycles. The van der Waals surface area contributed by atoms with Gasteiger partial charge in [0.1, 0.15) is 17.1 Å². The first kappa shape index (κ1) is 20.3. The van der Waals surface area contributed by atoms with Crippen molar-refractivity contribution in [3.8, 4) is 5.75 Å². The van der Waals surface area contributed by atoms with Gasteiger partial charge in [0.15, 0.2) is 6.61 Å². The second kappa shape index (κ2) is 8.14. The highest BCUT2D eigenvalue weighted by atomic mass is 32.2. The van der Waals surface area contributed by atoms with Crippen LogP contribution in [0.3, 0.4) is 0 Å². The molecule has 10 heteroatoms. The van der Waals surface area contributed by atoms with Crippen LogP contribution in [0.5, 0.6) is 5.75 Å². The van der Waals surface area contributed by atoms with Gasteiger partial charge in [0, 0.05) is 5.69 Å². The number of carbonyl (C=O) groups is 2. The summed E-state index contributed by atoms with van der Waals surface area (Å²) >= 11 is 0. The zero-order valence-electron chi connectivity index (χ0n) is 14.5. The number of sulfonamides is 1. The molecule has 0 atom stereocenters. The molecule has 0 heterocycles. The summed E-state index contributed by atoms with van der Waals surface area (Å²) in [6.07, 6.45) is 0. The van der Waals surface area contributed by atoms with Crippen molar-refractivity contribution in [1.82, 2.24) is 0 Å². The molecule has 27 heavy (non-hydrogen) atoms. The van der Waals surface area contributed by atoms with E-state index in [0.29, 0.717) is 5.56 Å². The Morgan fingerprint density at radius 2 is 1.89 bits per heavy atom. The Bertz CT molecular complexity index is 991. The molecule has 144 valence electrons. The van der Waals surface area contributed by atoms with E-state index in [1.807, 2.05) is 0 Å². The lowest BCUT2D eigenvalue weighted by atomic mass is 10.2. The van der Waals surface area contributed by atoms with Crippen LogP contribution in [-0.2, 0) is 19.6 Å². The van der Waals surface area contributed by atoms with Gasteiger partial charge >= 0.3 is 5.97 Å². The summed E-state index contributed by atoms with van der Waals surface area (Å²) in [6, 6.07) is 7.52. The predicted octanol–water partition coefficient (Wildman–Crippen LogP) is 1.59.